The predicted octanol–water partition coefficient (Wildman–Crippen LogP) is 1.90. The number of carbonyl (C=O) groups excluding carboxylic acids is 1. The molecule has 0 radical (unpaired) electrons. The molecule has 0 aliphatic rings. The Kier molecular flexibility index (Phi) is 5.11. The highest BCUT2D eigenvalue weighted by molar-refractivity contribution is 9.10. The first-order valence-electron chi connectivity index (χ1n) is 6.35. The van der Waals surface area contributed by atoms with Crippen LogP contribution < -0.4 is 10.6 Å². The zero-order valence-corrected chi connectivity index (χ0v) is 12.7. The van der Waals surface area contributed by atoms with Crippen molar-refractivity contribution in [3.05, 3.63) is 40.9 Å². The van der Waals surface area contributed by atoms with Gasteiger partial charge >= 0.3 is 0 Å². The molecular formula is C13H16BrN5O. The number of carbonyl (C=O) groups is 1. The van der Waals surface area contributed by atoms with Gasteiger partial charge in [0.15, 0.2) is 0 Å². The van der Waals surface area contributed by atoms with Crippen LogP contribution in [0, 0.1) is 0 Å². The van der Waals surface area contributed by atoms with E-state index in [2.05, 4.69) is 36.5 Å². The molecule has 0 aliphatic heterocycles. The number of nitrogens with one attached hydrogen (secondary N) is 2. The SMILES string of the molecule is CCn1cc(Br)cc1C(=O)NCCNc1ncccn1. The summed E-state index contributed by atoms with van der Waals surface area (Å²) in [6.07, 6.45) is 5.23. The summed E-state index contributed by atoms with van der Waals surface area (Å²) >= 11 is 3.37. The van der Waals surface area contributed by atoms with Gasteiger partial charge in [0, 0.05) is 42.7 Å². The number of hydrogen-bond donors (Lipinski definition) is 2. The monoisotopic (exact) mass is 337 g/mol. The van der Waals surface area contributed by atoms with Crippen LogP contribution in [0.4, 0.5) is 5.95 Å². The summed E-state index contributed by atoms with van der Waals surface area (Å²) in [6, 6.07) is 3.57. The second-order valence-corrected chi connectivity index (χ2v) is 5.00. The Morgan fingerprint density at radius 3 is 2.80 bits per heavy atom. The number of hydrogen-bond acceptors (Lipinski definition) is 4. The topological polar surface area (TPSA) is 71.8 Å². The lowest BCUT2D eigenvalue weighted by atomic mass is 10.4. The lowest BCUT2D eigenvalue weighted by molar-refractivity contribution is 0.0946. The van der Waals surface area contributed by atoms with Crippen molar-refractivity contribution in [1.82, 2.24) is 19.9 Å². The molecule has 0 bridgehead atoms. The first-order valence-corrected chi connectivity index (χ1v) is 7.14. The molecule has 2 heterocycles. The Morgan fingerprint density at radius 1 is 1.35 bits per heavy atom. The molecule has 0 saturated heterocycles. The summed E-state index contributed by atoms with van der Waals surface area (Å²) in [7, 11) is 0. The van der Waals surface area contributed by atoms with Crippen LogP contribution in [-0.4, -0.2) is 33.5 Å². The molecule has 0 fully saturated rings. The van der Waals surface area contributed by atoms with Crippen LogP contribution in [0.25, 0.3) is 0 Å². The second kappa shape index (κ2) is 7.04. The maximum absolute atomic E-state index is 12.0. The third-order valence-electron chi connectivity index (χ3n) is 2.70. The molecule has 106 valence electrons. The fraction of sp³-hybridized carbons (Fsp3) is 0.308. The molecule has 2 N–H and O–H groups in total. The highest BCUT2D eigenvalue weighted by Crippen LogP contribution is 2.14. The van der Waals surface area contributed by atoms with Crippen molar-refractivity contribution in [2.45, 2.75) is 13.5 Å². The summed E-state index contributed by atoms with van der Waals surface area (Å²) < 4.78 is 2.80. The highest BCUT2D eigenvalue weighted by Gasteiger charge is 2.11. The number of aryl methyl sites for hydroxylation is 1. The van der Waals surface area contributed by atoms with Crippen LogP contribution in [0.2, 0.25) is 0 Å². The van der Waals surface area contributed by atoms with Crippen LogP contribution in [0.3, 0.4) is 0 Å². The third-order valence-corrected chi connectivity index (χ3v) is 3.13. The van der Waals surface area contributed by atoms with E-state index in [0.29, 0.717) is 24.7 Å². The number of halogens is 1. The first kappa shape index (κ1) is 14.5. The Morgan fingerprint density at radius 2 is 2.10 bits per heavy atom. The standard InChI is InChI=1S/C13H16BrN5O/c1-2-19-9-10(14)8-11(19)12(20)15-6-7-18-13-16-4-3-5-17-13/h3-5,8-9H,2,6-7H2,1H3,(H,15,20)(H,16,17,18). The van der Waals surface area contributed by atoms with E-state index in [9.17, 15) is 4.79 Å². The first-order chi connectivity index (χ1) is 9.70. The lowest BCUT2D eigenvalue weighted by Gasteiger charge is -2.08. The molecule has 2 rings (SSSR count). The molecule has 2 aromatic rings. The van der Waals surface area contributed by atoms with Crippen LogP contribution in [0.1, 0.15) is 17.4 Å². The largest absolute Gasteiger partial charge is 0.352 e. The van der Waals surface area contributed by atoms with Gasteiger partial charge in [-0.05, 0) is 35.0 Å². The van der Waals surface area contributed by atoms with Gasteiger partial charge in [-0.1, -0.05) is 0 Å². The minimum Gasteiger partial charge on any atom is -0.352 e. The zero-order chi connectivity index (χ0) is 14.4. The summed E-state index contributed by atoms with van der Waals surface area (Å²) in [4.78, 5) is 20.1. The van der Waals surface area contributed by atoms with Crippen LogP contribution >= 0.6 is 15.9 Å². The molecule has 0 aliphatic carbocycles. The minimum atomic E-state index is -0.0895. The van der Waals surface area contributed by atoms with Gasteiger partial charge in [0.25, 0.3) is 5.91 Å². The quantitative estimate of drug-likeness (QED) is 0.789. The predicted molar refractivity (Wildman–Crippen MR) is 80.7 cm³/mol. The summed E-state index contributed by atoms with van der Waals surface area (Å²) in [5.41, 5.74) is 0.648. The van der Waals surface area contributed by atoms with E-state index in [4.69, 9.17) is 0 Å². The number of amides is 1. The molecule has 20 heavy (non-hydrogen) atoms. The fourth-order valence-electron chi connectivity index (χ4n) is 1.76. The van der Waals surface area contributed by atoms with Crippen LogP contribution in [-0.2, 0) is 6.54 Å². The summed E-state index contributed by atoms with van der Waals surface area (Å²) in [5, 5.41) is 5.89. The average molecular weight is 338 g/mol. The van der Waals surface area contributed by atoms with Gasteiger partial charge < -0.3 is 15.2 Å². The van der Waals surface area contributed by atoms with E-state index in [1.165, 1.54) is 0 Å². The number of rotatable bonds is 6. The molecule has 0 saturated carbocycles. The van der Waals surface area contributed by atoms with E-state index in [0.717, 1.165) is 11.0 Å². The zero-order valence-electron chi connectivity index (χ0n) is 11.1. The molecule has 0 spiro atoms. The normalized spacial score (nSPS) is 10.3. The lowest BCUT2D eigenvalue weighted by Crippen LogP contribution is -2.30. The number of nitrogens with zero attached hydrogens (tertiary/aromatic N) is 3. The van der Waals surface area contributed by atoms with Crippen molar-refractivity contribution in [2.75, 3.05) is 18.4 Å². The molecule has 7 heteroatoms. The Hall–Kier alpha value is -1.89. The van der Waals surface area contributed by atoms with E-state index >= 15 is 0 Å². The summed E-state index contributed by atoms with van der Waals surface area (Å²) in [5.74, 6) is 0.467. The molecular weight excluding hydrogens is 322 g/mol. The van der Waals surface area contributed by atoms with Gasteiger partial charge in [0.05, 0.1) is 0 Å². The van der Waals surface area contributed by atoms with E-state index < -0.39 is 0 Å². The van der Waals surface area contributed by atoms with Crippen molar-refractivity contribution >= 4 is 27.8 Å². The molecule has 0 aromatic carbocycles. The van der Waals surface area contributed by atoms with Crippen molar-refractivity contribution in [2.24, 2.45) is 0 Å². The molecule has 6 nitrogen and oxygen atoms in total. The van der Waals surface area contributed by atoms with Crippen LogP contribution in [0.15, 0.2) is 35.2 Å². The van der Waals surface area contributed by atoms with Gasteiger partial charge in [0.2, 0.25) is 5.95 Å². The molecule has 0 unspecified atom stereocenters. The maximum atomic E-state index is 12.0. The van der Waals surface area contributed by atoms with Gasteiger partial charge in [-0.15, -0.1) is 0 Å². The van der Waals surface area contributed by atoms with Crippen molar-refractivity contribution in [3.8, 4) is 0 Å². The van der Waals surface area contributed by atoms with E-state index in [1.54, 1.807) is 18.5 Å². The Labute approximate surface area is 125 Å². The maximum Gasteiger partial charge on any atom is 0.268 e. The summed E-state index contributed by atoms with van der Waals surface area (Å²) in [6.45, 7) is 3.83. The highest BCUT2D eigenvalue weighted by atomic mass is 79.9. The molecule has 2 aromatic heterocycles. The van der Waals surface area contributed by atoms with Gasteiger partial charge in [0.1, 0.15) is 5.69 Å². The van der Waals surface area contributed by atoms with E-state index in [-0.39, 0.29) is 5.91 Å². The Balaban J connectivity index is 1.80. The Bertz CT molecular complexity index is 569. The number of anilines is 1. The minimum absolute atomic E-state index is 0.0895. The van der Waals surface area contributed by atoms with Crippen LogP contribution in [0.5, 0.6) is 0 Å². The van der Waals surface area contributed by atoms with Gasteiger partial charge in [-0.2, -0.15) is 0 Å². The van der Waals surface area contributed by atoms with Gasteiger partial charge in [-0.3, -0.25) is 4.79 Å². The second-order valence-electron chi connectivity index (χ2n) is 4.08. The number of aromatic nitrogens is 3. The average Bonchev–Trinajstić information content (AvgIpc) is 2.86. The fourth-order valence-corrected chi connectivity index (χ4v) is 2.22. The third kappa shape index (κ3) is 3.80. The van der Waals surface area contributed by atoms with Crippen molar-refractivity contribution < 1.29 is 4.79 Å². The molecule has 1 amide bonds. The smallest absolute Gasteiger partial charge is 0.268 e. The van der Waals surface area contributed by atoms with Gasteiger partial charge in [-0.25, -0.2) is 9.97 Å². The molecule has 0 atom stereocenters. The van der Waals surface area contributed by atoms with Crippen molar-refractivity contribution in [3.63, 3.8) is 0 Å². The van der Waals surface area contributed by atoms with E-state index in [1.807, 2.05) is 23.8 Å². The van der Waals surface area contributed by atoms with Crippen molar-refractivity contribution in [1.29, 1.82) is 0 Å².